The van der Waals surface area contributed by atoms with Crippen LogP contribution in [0.1, 0.15) is 35.1 Å². The molecule has 1 aromatic heterocycles. The van der Waals surface area contributed by atoms with Crippen LogP contribution < -0.4 is 5.32 Å². The number of para-hydroxylation sites is 2. The van der Waals surface area contributed by atoms with Crippen LogP contribution in [-0.4, -0.2) is 33.6 Å². The number of esters is 1. The van der Waals surface area contributed by atoms with Crippen molar-refractivity contribution in [3.63, 3.8) is 0 Å². The summed E-state index contributed by atoms with van der Waals surface area (Å²) in [5.74, 6) is 0.250. The Hall–Kier alpha value is -3.15. The molecule has 2 heterocycles. The highest BCUT2D eigenvalue weighted by Crippen LogP contribution is 2.28. The molecule has 28 heavy (non-hydrogen) atoms. The number of amides is 1. The molecule has 1 amide bonds. The molecule has 0 fully saturated rings. The van der Waals surface area contributed by atoms with Gasteiger partial charge in [0.2, 0.25) is 0 Å². The van der Waals surface area contributed by atoms with E-state index in [1.54, 1.807) is 19.1 Å². The summed E-state index contributed by atoms with van der Waals surface area (Å²) in [7, 11) is 0. The highest BCUT2D eigenvalue weighted by molar-refractivity contribution is 5.97. The molecule has 3 aromatic rings. The van der Waals surface area contributed by atoms with Gasteiger partial charge in [0.25, 0.3) is 5.91 Å². The number of carbonyl (C=O) groups excluding carboxylic acids is 2. The van der Waals surface area contributed by atoms with Gasteiger partial charge in [-0.3, -0.25) is 4.79 Å². The Kier molecular flexibility index (Phi) is 4.63. The Morgan fingerprint density at radius 2 is 1.96 bits per heavy atom. The van der Waals surface area contributed by atoms with E-state index in [4.69, 9.17) is 4.74 Å². The van der Waals surface area contributed by atoms with Crippen molar-refractivity contribution in [1.29, 1.82) is 0 Å². The predicted octanol–water partition coefficient (Wildman–Crippen LogP) is 3.02. The topological polar surface area (TPSA) is 73.2 Å². The number of benzene rings is 2. The molecule has 144 valence electrons. The average molecular weight is 377 g/mol. The summed E-state index contributed by atoms with van der Waals surface area (Å²) in [5, 5.41) is 2.92. The highest BCUT2D eigenvalue weighted by Gasteiger charge is 2.42. The number of hydrogen-bond donors (Lipinski definition) is 1. The molecule has 4 rings (SSSR count). The third-order valence-electron chi connectivity index (χ3n) is 5.25. The number of cyclic esters (lactones) is 1. The molecule has 0 spiro atoms. The van der Waals surface area contributed by atoms with E-state index >= 15 is 0 Å². The molecular formula is C22H23N3O3. The van der Waals surface area contributed by atoms with Crippen LogP contribution in [0.3, 0.4) is 0 Å². The summed E-state index contributed by atoms with van der Waals surface area (Å²) >= 11 is 0. The number of carbonyl (C=O) groups is 2. The van der Waals surface area contributed by atoms with Crippen LogP contribution in [0, 0.1) is 6.92 Å². The maximum Gasteiger partial charge on any atom is 0.339 e. The third kappa shape index (κ3) is 3.26. The van der Waals surface area contributed by atoms with Gasteiger partial charge in [0.1, 0.15) is 5.82 Å². The van der Waals surface area contributed by atoms with Crippen molar-refractivity contribution in [2.24, 2.45) is 0 Å². The zero-order valence-electron chi connectivity index (χ0n) is 16.1. The van der Waals surface area contributed by atoms with Gasteiger partial charge in [-0.2, -0.15) is 0 Å². The lowest BCUT2D eigenvalue weighted by atomic mass is 9.89. The van der Waals surface area contributed by atoms with Crippen LogP contribution in [0.15, 0.2) is 48.5 Å². The Balaban J connectivity index is 1.37. The Morgan fingerprint density at radius 1 is 1.21 bits per heavy atom. The molecule has 1 unspecified atom stereocenters. The number of imidazole rings is 1. The predicted molar refractivity (Wildman–Crippen MR) is 106 cm³/mol. The van der Waals surface area contributed by atoms with Crippen LogP contribution >= 0.6 is 0 Å². The number of fused-ring (bicyclic) bond motifs is 2. The van der Waals surface area contributed by atoms with Crippen LogP contribution in [0.25, 0.3) is 11.0 Å². The summed E-state index contributed by atoms with van der Waals surface area (Å²) in [4.78, 5) is 29.5. The van der Waals surface area contributed by atoms with E-state index in [1.807, 2.05) is 43.3 Å². The molecule has 1 N–H and O–H groups in total. The second-order valence-corrected chi connectivity index (χ2v) is 7.36. The smallest absolute Gasteiger partial charge is 0.339 e. The summed E-state index contributed by atoms with van der Waals surface area (Å²) in [5.41, 5.74) is 2.27. The van der Waals surface area contributed by atoms with Gasteiger partial charge in [-0.15, -0.1) is 0 Å². The molecule has 6 heteroatoms. The summed E-state index contributed by atoms with van der Waals surface area (Å²) in [6.45, 7) is 4.91. The molecule has 0 radical (unpaired) electrons. The van der Waals surface area contributed by atoms with Gasteiger partial charge in [0.05, 0.1) is 16.6 Å². The molecular weight excluding hydrogens is 354 g/mol. The monoisotopic (exact) mass is 377 g/mol. The molecule has 0 bridgehead atoms. The summed E-state index contributed by atoms with van der Waals surface area (Å²) in [6.07, 6.45) is 1.14. The molecule has 6 nitrogen and oxygen atoms in total. The number of aromatic nitrogens is 2. The number of aryl methyl sites for hydroxylation is 2. The lowest BCUT2D eigenvalue weighted by molar-refractivity contribution is -0.139. The average Bonchev–Trinajstić information content (AvgIpc) is 3.00. The van der Waals surface area contributed by atoms with Crippen molar-refractivity contribution in [3.05, 3.63) is 65.5 Å². The van der Waals surface area contributed by atoms with Gasteiger partial charge in [0.15, 0.2) is 5.60 Å². The molecule has 2 aromatic carbocycles. The van der Waals surface area contributed by atoms with E-state index in [1.165, 1.54) is 0 Å². The molecule has 1 atom stereocenters. The highest BCUT2D eigenvalue weighted by atomic mass is 16.6. The maximum absolute atomic E-state index is 12.7. The van der Waals surface area contributed by atoms with Gasteiger partial charge in [-0.25, -0.2) is 9.78 Å². The fourth-order valence-electron chi connectivity index (χ4n) is 3.76. The standard InChI is InChI=1S/C22H23N3O3/c1-15-24-18-10-5-6-11-19(18)25(15)13-7-12-23-21(27)22(2)14-16-8-3-4-9-17(16)20(26)28-22/h3-6,8-11H,7,12-14H2,1-2H3,(H,23,27). The van der Waals surface area contributed by atoms with Crippen LogP contribution in [0.4, 0.5) is 0 Å². The molecule has 0 saturated carbocycles. The molecule has 1 aliphatic rings. The van der Waals surface area contributed by atoms with Gasteiger partial charge < -0.3 is 14.6 Å². The largest absolute Gasteiger partial charge is 0.445 e. The number of rotatable bonds is 5. The minimum atomic E-state index is -1.18. The normalized spacial score (nSPS) is 18.6. The minimum absolute atomic E-state index is 0.262. The summed E-state index contributed by atoms with van der Waals surface area (Å²) < 4.78 is 7.63. The van der Waals surface area contributed by atoms with E-state index in [-0.39, 0.29) is 5.91 Å². The van der Waals surface area contributed by atoms with Crippen molar-refractivity contribution < 1.29 is 14.3 Å². The van der Waals surface area contributed by atoms with Gasteiger partial charge in [-0.05, 0) is 44.0 Å². The quantitative estimate of drug-likeness (QED) is 0.548. The zero-order valence-corrected chi connectivity index (χ0v) is 16.1. The van der Waals surface area contributed by atoms with Crippen LogP contribution in [0.5, 0.6) is 0 Å². The van der Waals surface area contributed by atoms with Gasteiger partial charge in [0, 0.05) is 19.5 Å². The first-order valence-electron chi connectivity index (χ1n) is 9.49. The van der Waals surface area contributed by atoms with Gasteiger partial charge >= 0.3 is 5.97 Å². The second-order valence-electron chi connectivity index (χ2n) is 7.36. The first kappa shape index (κ1) is 18.2. The number of ether oxygens (including phenoxy) is 1. The van der Waals surface area contributed by atoms with E-state index in [0.717, 1.165) is 35.4 Å². The number of nitrogens with zero attached hydrogens (tertiary/aromatic N) is 2. The Labute approximate surface area is 163 Å². The van der Waals surface area contributed by atoms with Crippen molar-refractivity contribution in [2.75, 3.05) is 6.54 Å². The number of nitrogens with one attached hydrogen (secondary N) is 1. The van der Waals surface area contributed by atoms with Crippen LogP contribution in [0.2, 0.25) is 0 Å². The van der Waals surface area contributed by atoms with Gasteiger partial charge in [-0.1, -0.05) is 30.3 Å². The lowest BCUT2D eigenvalue weighted by Crippen LogP contribution is -2.51. The van der Waals surface area contributed by atoms with Crippen LogP contribution in [-0.2, 0) is 22.5 Å². The minimum Gasteiger partial charge on any atom is -0.445 e. The van der Waals surface area contributed by atoms with E-state index < -0.39 is 11.6 Å². The first-order valence-corrected chi connectivity index (χ1v) is 9.49. The zero-order chi connectivity index (χ0) is 19.7. The third-order valence-corrected chi connectivity index (χ3v) is 5.25. The fourth-order valence-corrected chi connectivity index (χ4v) is 3.76. The van der Waals surface area contributed by atoms with Crippen molar-refractivity contribution >= 4 is 22.9 Å². The lowest BCUT2D eigenvalue weighted by Gasteiger charge is -2.33. The SMILES string of the molecule is Cc1nc2ccccc2n1CCCNC(=O)C1(C)Cc2ccccc2C(=O)O1. The van der Waals surface area contributed by atoms with Crippen molar-refractivity contribution in [1.82, 2.24) is 14.9 Å². The van der Waals surface area contributed by atoms with E-state index in [2.05, 4.69) is 14.9 Å². The van der Waals surface area contributed by atoms with Crippen molar-refractivity contribution in [2.45, 2.75) is 38.8 Å². The summed E-state index contributed by atoms with van der Waals surface area (Å²) in [6, 6.07) is 15.3. The molecule has 0 aliphatic carbocycles. The van der Waals surface area contributed by atoms with E-state index in [0.29, 0.717) is 18.5 Å². The first-order chi connectivity index (χ1) is 13.5. The van der Waals surface area contributed by atoms with Crippen molar-refractivity contribution in [3.8, 4) is 0 Å². The molecule has 1 aliphatic heterocycles. The maximum atomic E-state index is 12.7. The molecule has 0 saturated heterocycles. The van der Waals surface area contributed by atoms with E-state index in [9.17, 15) is 9.59 Å². The Morgan fingerprint density at radius 3 is 2.82 bits per heavy atom. The fraction of sp³-hybridized carbons (Fsp3) is 0.318. The Bertz CT molecular complexity index is 1060. The second kappa shape index (κ2) is 7.11. The number of hydrogen-bond acceptors (Lipinski definition) is 4.